The van der Waals surface area contributed by atoms with E-state index in [2.05, 4.69) is 35.9 Å². The van der Waals surface area contributed by atoms with Crippen LogP contribution in [0.1, 0.15) is 18.1 Å². The zero-order chi connectivity index (χ0) is 20.9. The number of nitrogens with zero attached hydrogens (tertiary/aromatic N) is 5. The Kier molecular flexibility index (Phi) is 6.10. The van der Waals surface area contributed by atoms with Crippen molar-refractivity contribution in [3.8, 4) is 0 Å². The molecule has 1 aliphatic rings. The summed E-state index contributed by atoms with van der Waals surface area (Å²) in [5, 5.41) is 23.2. The van der Waals surface area contributed by atoms with Crippen LogP contribution in [-0.4, -0.2) is 52.5 Å². The third-order valence-electron chi connectivity index (χ3n) is 4.70. The Labute approximate surface area is 176 Å². The van der Waals surface area contributed by atoms with Gasteiger partial charge in [-0.1, -0.05) is 23.5 Å². The smallest absolute Gasteiger partial charge is 0.259 e. The Morgan fingerprint density at radius 1 is 1.23 bits per heavy atom. The molecule has 0 aliphatic carbocycles. The van der Waals surface area contributed by atoms with Gasteiger partial charge in [-0.3, -0.25) is 10.1 Å². The highest BCUT2D eigenvalue weighted by molar-refractivity contribution is 7.19. The number of halogens is 1. The summed E-state index contributed by atoms with van der Waals surface area (Å²) in [6.07, 6.45) is 1.70. The van der Waals surface area contributed by atoms with Gasteiger partial charge in [-0.15, -0.1) is 15.3 Å². The Balaban J connectivity index is 1.34. The van der Waals surface area contributed by atoms with Gasteiger partial charge in [0.05, 0.1) is 0 Å². The van der Waals surface area contributed by atoms with E-state index in [0.29, 0.717) is 15.8 Å². The maximum Gasteiger partial charge on any atom is 0.259 e. The van der Waals surface area contributed by atoms with E-state index < -0.39 is 12.0 Å². The molecule has 1 aromatic carbocycles. The van der Waals surface area contributed by atoms with Gasteiger partial charge >= 0.3 is 0 Å². The summed E-state index contributed by atoms with van der Waals surface area (Å²) in [5.74, 6) is 0.0681. The summed E-state index contributed by atoms with van der Waals surface area (Å²) in [5.41, 5.74) is 0.550. The number of carbonyl (C=O) groups excluding carboxylic acids is 1. The molecule has 9 nitrogen and oxygen atoms in total. The van der Waals surface area contributed by atoms with Gasteiger partial charge in [0.15, 0.2) is 11.9 Å². The van der Waals surface area contributed by atoms with Crippen LogP contribution in [0.4, 0.5) is 20.5 Å². The van der Waals surface area contributed by atoms with Crippen molar-refractivity contribution in [2.24, 2.45) is 0 Å². The van der Waals surface area contributed by atoms with Gasteiger partial charge in [0.1, 0.15) is 5.82 Å². The van der Waals surface area contributed by atoms with E-state index in [1.54, 1.807) is 6.20 Å². The number of rotatable bonds is 7. The minimum atomic E-state index is -0.874. The first kappa shape index (κ1) is 20.1. The number of aromatic nitrogens is 4. The fourth-order valence-electron chi connectivity index (χ4n) is 3.26. The minimum absolute atomic E-state index is 0.189. The second-order valence-electron chi connectivity index (χ2n) is 6.73. The highest BCUT2D eigenvalue weighted by Gasteiger charge is 2.25. The van der Waals surface area contributed by atoms with Crippen LogP contribution in [0.3, 0.4) is 0 Å². The molecule has 1 saturated heterocycles. The lowest BCUT2D eigenvalue weighted by Gasteiger charge is -2.16. The quantitative estimate of drug-likeness (QED) is 0.590. The van der Waals surface area contributed by atoms with E-state index in [0.717, 1.165) is 25.3 Å². The molecule has 3 aromatic rings. The monoisotopic (exact) mass is 429 g/mol. The highest BCUT2D eigenvalue weighted by Crippen LogP contribution is 2.26. The lowest BCUT2D eigenvalue weighted by molar-refractivity contribution is -0.126. The fraction of sp³-hybridized carbons (Fsp3) is 0.316. The van der Waals surface area contributed by atoms with Crippen molar-refractivity contribution in [1.82, 2.24) is 20.4 Å². The zero-order valence-corrected chi connectivity index (χ0v) is 17.0. The molecule has 11 heteroatoms. The standard InChI is InChI=1S/C19H20FN7O2S/c1-29-16(12-4-6-13(20)7-5-12)17(28)23-19-26-25-18(30-19)22-14-8-10-27(11-14)15-3-2-9-21-24-15/h2-7,9,14,16H,8,10-11H2,1H3,(H,22,25)(H,23,26,28)/t14-,16+/m1/s1. The number of amides is 1. The minimum Gasteiger partial charge on any atom is -0.367 e. The van der Waals surface area contributed by atoms with Gasteiger partial charge in [0, 0.05) is 32.4 Å². The summed E-state index contributed by atoms with van der Waals surface area (Å²) in [4.78, 5) is 14.7. The Morgan fingerprint density at radius 2 is 2.03 bits per heavy atom. The Hall–Kier alpha value is -3.18. The number of hydrogen-bond acceptors (Lipinski definition) is 9. The molecule has 1 amide bonds. The summed E-state index contributed by atoms with van der Waals surface area (Å²) < 4.78 is 18.4. The van der Waals surface area contributed by atoms with Crippen molar-refractivity contribution in [3.05, 3.63) is 54.0 Å². The lowest BCUT2D eigenvalue weighted by Crippen LogP contribution is -2.26. The number of nitrogens with one attached hydrogen (secondary N) is 2. The van der Waals surface area contributed by atoms with Crippen molar-refractivity contribution in [1.29, 1.82) is 0 Å². The molecule has 0 bridgehead atoms. The van der Waals surface area contributed by atoms with Gasteiger partial charge < -0.3 is 15.0 Å². The number of anilines is 3. The first-order valence-electron chi connectivity index (χ1n) is 9.34. The largest absolute Gasteiger partial charge is 0.367 e. The average Bonchev–Trinajstić information content (AvgIpc) is 3.40. The molecule has 156 valence electrons. The van der Waals surface area contributed by atoms with Crippen LogP contribution < -0.4 is 15.5 Å². The first-order chi connectivity index (χ1) is 14.6. The highest BCUT2D eigenvalue weighted by atomic mass is 32.1. The Morgan fingerprint density at radius 3 is 2.77 bits per heavy atom. The molecule has 0 unspecified atom stereocenters. The van der Waals surface area contributed by atoms with Crippen molar-refractivity contribution >= 4 is 33.3 Å². The van der Waals surface area contributed by atoms with Crippen LogP contribution in [0, 0.1) is 5.82 Å². The fourth-order valence-corrected chi connectivity index (χ4v) is 3.98. The van der Waals surface area contributed by atoms with Crippen molar-refractivity contribution in [2.45, 2.75) is 18.6 Å². The second-order valence-corrected chi connectivity index (χ2v) is 7.70. The predicted octanol–water partition coefficient (Wildman–Crippen LogP) is 2.48. The van der Waals surface area contributed by atoms with E-state index in [1.807, 2.05) is 12.1 Å². The van der Waals surface area contributed by atoms with E-state index in [1.165, 1.54) is 42.7 Å². The number of hydrogen-bond donors (Lipinski definition) is 2. The molecule has 0 spiro atoms. The van der Waals surface area contributed by atoms with Gasteiger partial charge in [0.2, 0.25) is 10.3 Å². The molecular weight excluding hydrogens is 409 g/mol. The SMILES string of the molecule is CO[C@H](C(=O)Nc1nnc(N[C@@H]2CCN(c3cccnn3)C2)s1)c1ccc(F)cc1. The van der Waals surface area contributed by atoms with Gasteiger partial charge in [0.25, 0.3) is 5.91 Å². The van der Waals surface area contributed by atoms with E-state index >= 15 is 0 Å². The summed E-state index contributed by atoms with van der Waals surface area (Å²) in [7, 11) is 1.42. The van der Waals surface area contributed by atoms with Gasteiger partial charge in [-0.25, -0.2) is 4.39 Å². The number of carbonyl (C=O) groups is 1. The van der Waals surface area contributed by atoms with Crippen LogP contribution in [0.5, 0.6) is 0 Å². The molecule has 2 atom stereocenters. The molecule has 2 N–H and O–H groups in total. The molecule has 30 heavy (non-hydrogen) atoms. The predicted molar refractivity (Wildman–Crippen MR) is 111 cm³/mol. The topological polar surface area (TPSA) is 105 Å². The Bertz CT molecular complexity index is 986. The molecule has 3 heterocycles. The third-order valence-corrected chi connectivity index (χ3v) is 5.47. The number of benzene rings is 1. The van der Waals surface area contributed by atoms with Crippen molar-refractivity contribution in [2.75, 3.05) is 35.7 Å². The van der Waals surface area contributed by atoms with Crippen LogP contribution in [-0.2, 0) is 9.53 Å². The molecule has 0 radical (unpaired) electrons. The number of ether oxygens (including phenoxy) is 1. The molecule has 2 aromatic heterocycles. The maximum atomic E-state index is 13.1. The van der Waals surface area contributed by atoms with E-state index in [4.69, 9.17) is 4.74 Å². The number of methoxy groups -OCH3 is 1. The maximum absolute atomic E-state index is 13.1. The van der Waals surface area contributed by atoms with Crippen molar-refractivity contribution in [3.63, 3.8) is 0 Å². The molecular formula is C19H20FN7O2S. The summed E-state index contributed by atoms with van der Waals surface area (Å²) in [6.45, 7) is 1.64. The average molecular weight is 429 g/mol. The van der Waals surface area contributed by atoms with Crippen LogP contribution >= 0.6 is 11.3 Å². The summed E-state index contributed by atoms with van der Waals surface area (Å²) in [6, 6.07) is 9.58. The van der Waals surface area contributed by atoms with E-state index in [9.17, 15) is 9.18 Å². The molecule has 1 aliphatic heterocycles. The normalized spacial score (nSPS) is 17.0. The lowest BCUT2D eigenvalue weighted by atomic mass is 10.1. The third kappa shape index (κ3) is 4.69. The molecule has 0 saturated carbocycles. The second kappa shape index (κ2) is 9.09. The first-order valence-corrected chi connectivity index (χ1v) is 10.2. The van der Waals surface area contributed by atoms with Crippen LogP contribution in [0.25, 0.3) is 0 Å². The zero-order valence-electron chi connectivity index (χ0n) is 16.2. The molecule has 4 rings (SSSR count). The van der Waals surface area contributed by atoms with Crippen LogP contribution in [0.15, 0.2) is 42.6 Å². The van der Waals surface area contributed by atoms with Crippen molar-refractivity contribution < 1.29 is 13.9 Å². The summed E-state index contributed by atoms with van der Waals surface area (Å²) >= 11 is 1.24. The van der Waals surface area contributed by atoms with Gasteiger partial charge in [-0.05, 0) is 36.2 Å². The van der Waals surface area contributed by atoms with E-state index in [-0.39, 0.29) is 11.9 Å². The molecule has 1 fully saturated rings. The van der Waals surface area contributed by atoms with Crippen LogP contribution in [0.2, 0.25) is 0 Å². The van der Waals surface area contributed by atoms with Gasteiger partial charge in [-0.2, -0.15) is 5.10 Å².